The van der Waals surface area contributed by atoms with E-state index in [4.69, 9.17) is 0 Å². The molecule has 2 N–H and O–H groups in total. The van der Waals surface area contributed by atoms with E-state index in [2.05, 4.69) is 15.6 Å². The fourth-order valence-corrected chi connectivity index (χ4v) is 2.23. The molecule has 4 heteroatoms. The number of hydrogen-bond donors (Lipinski definition) is 2. The van der Waals surface area contributed by atoms with E-state index >= 15 is 0 Å². The topological polar surface area (TPSA) is 54.0 Å². The zero-order chi connectivity index (χ0) is 11.1. The van der Waals surface area contributed by atoms with E-state index in [0.29, 0.717) is 12.3 Å². The standard InChI is InChI=1S/C12H15N3O/c1-7-4-5-13-12-11(7)15-10(16)6-9(14-12)8-2-3-8/h4-5,8-9H,2-3,6H2,1H3,(H,13,14)(H,15,16). The Morgan fingerprint density at radius 3 is 3.00 bits per heavy atom. The zero-order valence-corrected chi connectivity index (χ0v) is 9.29. The number of carbonyl (C=O) groups is 1. The van der Waals surface area contributed by atoms with Gasteiger partial charge in [0.05, 0.1) is 5.69 Å². The van der Waals surface area contributed by atoms with Crippen molar-refractivity contribution in [1.29, 1.82) is 0 Å². The van der Waals surface area contributed by atoms with Crippen LogP contribution >= 0.6 is 0 Å². The lowest BCUT2D eigenvalue weighted by molar-refractivity contribution is -0.116. The summed E-state index contributed by atoms with van der Waals surface area (Å²) in [5, 5.41) is 6.34. The molecule has 0 saturated heterocycles. The maximum atomic E-state index is 11.8. The highest BCUT2D eigenvalue weighted by Crippen LogP contribution is 2.38. The van der Waals surface area contributed by atoms with Crippen LogP contribution in [0.1, 0.15) is 24.8 Å². The molecule has 84 valence electrons. The molecule has 1 aromatic heterocycles. The summed E-state index contributed by atoms with van der Waals surface area (Å²) >= 11 is 0. The van der Waals surface area contributed by atoms with Crippen molar-refractivity contribution >= 4 is 17.4 Å². The molecule has 1 aromatic rings. The third-order valence-electron chi connectivity index (χ3n) is 3.34. The first-order valence-corrected chi connectivity index (χ1v) is 5.76. The predicted molar refractivity (Wildman–Crippen MR) is 62.4 cm³/mol. The number of rotatable bonds is 1. The Kier molecular flexibility index (Phi) is 2.09. The summed E-state index contributed by atoms with van der Waals surface area (Å²) in [6.07, 6.45) is 4.79. The number of nitrogens with one attached hydrogen (secondary N) is 2. The summed E-state index contributed by atoms with van der Waals surface area (Å²) in [5.74, 6) is 1.57. The Bertz CT molecular complexity index is 440. The summed E-state index contributed by atoms with van der Waals surface area (Å²) in [6.45, 7) is 1.99. The minimum absolute atomic E-state index is 0.0965. The van der Waals surface area contributed by atoms with E-state index in [1.54, 1.807) is 6.20 Å². The molecule has 1 saturated carbocycles. The molecule has 1 unspecified atom stereocenters. The van der Waals surface area contributed by atoms with Gasteiger partial charge in [0, 0.05) is 18.7 Å². The van der Waals surface area contributed by atoms with Crippen LogP contribution in [0.5, 0.6) is 0 Å². The summed E-state index contributed by atoms with van der Waals surface area (Å²) in [5.41, 5.74) is 1.90. The number of hydrogen-bond acceptors (Lipinski definition) is 3. The van der Waals surface area contributed by atoms with Crippen LogP contribution in [0.3, 0.4) is 0 Å². The van der Waals surface area contributed by atoms with Gasteiger partial charge in [-0.2, -0.15) is 0 Å². The molecule has 2 heterocycles. The zero-order valence-electron chi connectivity index (χ0n) is 9.29. The molecule has 1 amide bonds. The van der Waals surface area contributed by atoms with Crippen molar-refractivity contribution in [3.05, 3.63) is 17.8 Å². The largest absolute Gasteiger partial charge is 0.365 e. The molecule has 0 bridgehead atoms. The molecule has 16 heavy (non-hydrogen) atoms. The highest BCUT2D eigenvalue weighted by molar-refractivity contribution is 5.96. The van der Waals surface area contributed by atoms with Gasteiger partial charge in [0.2, 0.25) is 5.91 Å². The lowest BCUT2D eigenvalue weighted by atomic mass is 10.1. The Labute approximate surface area is 94.5 Å². The molecular weight excluding hydrogens is 202 g/mol. The number of pyridine rings is 1. The third-order valence-corrected chi connectivity index (χ3v) is 3.34. The molecule has 1 atom stereocenters. The number of aryl methyl sites for hydroxylation is 1. The Hall–Kier alpha value is -1.58. The van der Waals surface area contributed by atoms with Gasteiger partial charge >= 0.3 is 0 Å². The molecule has 0 spiro atoms. The maximum absolute atomic E-state index is 11.8. The van der Waals surface area contributed by atoms with Crippen LogP contribution in [-0.2, 0) is 4.79 Å². The summed E-state index contributed by atoms with van der Waals surface area (Å²) in [4.78, 5) is 16.1. The van der Waals surface area contributed by atoms with Crippen LogP contribution in [0.25, 0.3) is 0 Å². The minimum atomic E-state index is 0.0965. The summed E-state index contributed by atoms with van der Waals surface area (Å²) < 4.78 is 0. The van der Waals surface area contributed by atoms with Crippen molar-refractivity contribution in [2.24, 2.45) is 5.92 Å². The monoisotopic (exact) mass is 217 g/mol. The van der Waals surface area contributed by atoms with E-state index in [-0.39, 0.29) is 11.9 Å². The van der Waals surface area contributed by atoms with Gasteiger partial charge in [-0.25, -0.2) is 4.98 Å². The van der Waals surface area contributed by atoms with Crippen LogP contribution in [0.15, 0.2) is 12.3 Å². The maximum Gasteiger partial charge on any atom is 0.226 e. The van der Waals surface area contributed by atoms with Crippen molar-refractivity contribution in [2.75, 3.05) is 10.6 Å². The van der Waals surface area contributed by atoms with Crippen molar-refractivity contribution in [3.63, 3.8) is 0 Å². The number of anilines is 2. The van der Waals surface area contributed by atoms with Crippen LogP contribution in [0, 0.1) is 12.8 Å². The molecule has 3 rings (SSSR count). The van der Waals surface area contributed by atoms with Gasteiger partial charge in [0.15, 0.2) is 0 Å². The first-order valence-electron chi connectivity index (χ1n) is 5.76. The molecule has 2 aliphatic rings. The quantitative estimate of drug-likeness (QED) is 0.755. The second-order valence-corrected chi connectivity index (χ2v) is 4.69. The molecule has 1 fully saturated rings. The molecule has 1 aliphatic carbocycles. The van der Waals surface area contributed by atoms with E-state index in [1.165, 1.54) is 12.8 Å². The number of nitrogens with zero attached hydrogens (tertiary/aromatic N) is 1. The molecule has 0 radical (unpaired) electrons. The predicted octanol–water partition coefficient (Wildman–Crippen LogP) is 1.92. The van der Waals surface area contributed by atoms with Gasteiger partial charge < -0.3 is 10.6 Å². The fraction of sp³-hybridized carbons (Fsp3) is 0.500. The number of carbonyl (C=O) groups excluding carboxylic acids is 1. The number of aromatic nitrogens is 1. The van der Waals surface area contributed by atoms with Gasteiger partial charge in [-0.05, 0) is 37.3 Å². The second-order valence-electron chi connectivity index (χ2n) is 4.69. The minimum Gasteiger partial charge on any atom is -0.365 e. The molecule has 1 aliphatic heterocycles. The highest BCUT2D eigenvalue weighted by Gasteiger charge is 2.35. The first-order chi connectivity index (χ1) is 7.74. The van der Waals surface area contributed by atoms with Crippen LogP contribution < -0.4 is 10.6 Å². The Morgan fingerprint density at radius 1 is 1.44 bits per heavy atom. The van der Waals surface area contributed by atoms with E-state index in [0.717, 1.165) is 17.1 Å². The van der Waals surface area contributed by atoms with Gasteiger partial charge in [-0.1, -0.05) is 0 Å². The molecule has 0 aromatic carbocycles. The highest BCUT2D eigenvalue weighted by atomic mass is 16.1. The van der Waals surface area contributed by atoms with Crippen LogP contribution in [-0.4, -0.2) is 16.9 Å². The third kappa shape index (κ3) is 1.64. The Morgan fingerprint density at radius 2 is 2.25 bits per heavy atom. The Balaban J connectivity index is 1.97. The van der Waals surface area contributed by atoms with E-state index in [9.17, 15) is 4.79 Å². The van der Waals surface area contributed by atoms with Gasteiger partial charge in [-0.3, -0.25) is 4.79 Å². The second kappa shape index (κ2) is 3.47. The average molecular weight is 217 g/mol. The normalized spacial score (nSPS) is 24.1. The lowest BCUT2D eigenvalue weighted by Crippen LogP contribution is -2.24. The van der Waals surface area contributed by atoms with Crippen LogP contribution in [0.2, 0.25) is 0 Å². The summed E-state index contributed by atoms with van der Waals surface area (Å²) in [7, 11) is 0. The van der Waals surface area contributed by atoms with E-state index in [1.807, 2.05) is 13.0 Å². The first kappa shape index (κ1) is 9.63. The van der Waals surface area contributed by atoms with Crippen molar-refractivity contribution in [1.82, 2.24) is 4.98 Å². The molecular formula is C12H15N3O. The van der Waals surface area contributed by atoms with Gasteiger partial charge in [-0.15, -0.1) is 0 Å². The van der Waals surface area contributed by atoms with Crippen molar-refractivity contribution in [3.8, 4) is 0 Å². The fourth-order valence-electron chi connectivity index (χ4n) is 2.23. The SMILES string of the molecule is Cc1ccnc2c1NC(=O)CC(C1CC1)N2. The van der Waals surface area contributed by atoms with E-state index < -0.39 is 0 Å². The smallest absolute Gasteiger partial charge is 0.226 e. The number of fused-ring (bicyclic) bond motifs is 1. The van der Waals surface area contributed by atoms with Crippen molar-refractivity contribution in [2.45, 2.75) is 32.2 Å². The van der Waals surface area contributed by atoms with Gasteiger partial charge in [0.25, 0.3) is 0 Å². The van der Waals surface area contributed by atoms with Crippen LogP contribution in [0.4, 0.5) is 11.5 Å². The van der Waals surface area contributed by atoms with Crippen molar-refractivity contribution < 1.29 is 4.79 Å². The van der Waals surface area contributed by atoms with Gasteiger partial charge in [0.1, 0.15) is 5.82 Å². The molecule has 4 nitrogen and oxygen atoms in total. The summed E-state index contributed by atoms with van der Waals surface area (Å²) in [6, 6.07) is 2.17. The average Bonchev–Trinajstić information content (AvgIpc) is 3.03. The lowest BCUT2D eigenvalue weighted by Gasteiger charge is -2.15. The number of amides is 1.